The second-order valence-electron chi connectivity index (χ2n) is 7.00. The lowest BCUT2D eigenvalue weighted by molar-refractivity contribution is -0.132. The number of methoxy groups -OCH3 is 1. The van der Waals surface area contributed by atoms with Crippen molar-refractivity contribution in [3.63, 3.8) is 0 Å². The Bertz CT molecular complexity index is 501. The zero-order valence-electron chi connectivity index (χ0n) is 14.3. The smallest absolute Gasteiger partial charge is 0.124 e. The van der Waals surface area contributed by atoms with Gasteiger partial charge in [0, 0.05) is 45.8 Å². The van der Waals surface area contributed by atoms with E-state index >= 15 is 0 Å². The van der Waals surface area contributed by atoms with Crippen molar-refractivity contribution in [3.8, 4) is 0 Å². The first-order chi connectivity index (χ1) is 11.1. The molecule has 0 radical (unpaired) electrons. The number of ether oxygens (including phenoxy) is 2. The van der Waals surface area contributed by atoms with Gasteiger partial charge in [-0.25, -0.2) is 4.98 Å². The van der Waals surface area contributed by atoms with Gasteiger partial charge in [-0.1, -0.05) is 6.92 Å². The molecule has 2 saturated heterocycles. The molecule has 6 nitrogen and oxygen atoms in total. The van der Waals surface area contributed by atoms with E-state index in [4.69, 9.17) is 9.47 Å². The SMILES string of the molecule is COCn1ccnc1CN1CC[C@@](O)(C2CCOCC2)[C@H](C)C1. The Morgan fingerprint density at radius 1 is 1.43 bits per heavy atom. The van der Waals surface area contributed by atoms with Gasteiger partial charge in [0.05, 0.1) is 12.1 Å². The van der Waals surface area contributed by atoms with Crippen LogP contribution in [0.3, 0.4) is 0 Å². The maximum atomic E-state index is 11.2. The van der Waals surface area contributed by atoms with Crippen LogP contribution in [-0.4, -0.2) is 58.6 Å². The van der Waals surface area contributed by atoms with E-state index in [9.17, 15) is 5.11 Å². The summed E-state index contributed by atoms with van der Waals surface area (Å²) in [6.07, 6.45) is 6.58. The lowest BCUT2D eigenvalue weighted by Gasteiger charge is -2.48. The molecule has 0 unspecified atom stereocenters. The summed E-state index contributed by atoms with van der Waals surface area (Å²) in [7, 11) is 1.70. The number of rotatable bonds is 5. The number of nitrogens with zero attached hydrogens (tertiary/aromatic N) is 3. The Morgan fingerprint density at radius 2 is 2.22 bits per heavy atom. The predicted octanol–water partition coefficient (Wildman–Crippen LogP) is 1.49. The molecule has 0 amide bonds. The summed E-state index contributed by atoms with van der Waals surface area (Å²) in [5.74, 6) is 1.67. The van der Waals surface area contributed by atoms with E-state index in [0.717, 1.165) is 57.9 Å². The van der Waals surface area contributed by atoms with Crippen molar-refractivity contribution in [1.29, 1.82) is 0 Å². The predicted molar refractivity (Wildman–Crippen MR) is 86.8 cm³/mol. The van der Waals surface area contributed by atoms with Gasteiger partial charge in [0.25, 0.3) is 0 Å². The molecule has 0 aromatic carbocycles. The normalized spacial score (nSPS) is 30.7. The second kappa shape index (κ2) is 7.30. The highest BCUT2D eigenvalue weighted by atomic mass is 16.5. The van der Waals surface area contributed by atoms with Crippen molar-refractivity contribution in [2.24, 2.45) is 11.8 Å². The Morgan fingerprint density at radius 3 is 2.91 bits per heavy atom. The van der Waals surface area contributed by atoms with Crippen LogP contribution in [0.4, 0.5) is 0 Å². The molecule has 1 N–H and O–H groups in total. The molecular formula is C17H29N3O3. The van der Waals surface area contributed by atoms with Crippen molar-refractivity contribution < 1.29 is 14.6 Å². The standard InChI is InChI=1S/C17H29N3O3/c1-14-11-19(12-16-18-6-8-20(16)13-22-2)7-5-17(14,21)15-3-9-23-10-4-15/h6,8,14-15,21H,3-5,7,9-13H2,1-2H3/t14-,17+/m1/s1. The molecule has 2 fully saturated rings. The third-order valence-electron chi connectivity index (χ3n) is 5.58. The van der Waals surface area contributed by atoms with E-state index in [2.05, 4.69) is 16.8 Å². The Kier molecular flexibility index (Phi) is 5.36. The Hall–Kier alpha value is -0.950. The molecule has 2 atom stereocenters. The lowest BCUT2D eigenvalue weighted by Crippen LogP contribution is -2.55. The lowest BCUT2D eigenvalue weighted by atomic mass is 9.70. The van der Waals surface area contributed by atoms with E-state index in [1.807, 2.05) is 17.0 Å². The minimum absolute atomic E-state index is 0.269. The van der Waals surface area contributed by atoms with Crippen LogP contribution in [0.2, 0.25) is 0 Å². The van der Waals surface area contributed by atoms with Crippen LogP contribution < -0.4 is 0 Å². The number of aliphatic hydroxyl groups is 1. The molecule has 130 valence electrons. The summed E-state index contributed by atoms with van der Waals surface area (Å²) in [5, 5.41) is 11.2. The van der Waals surface area contributed by atoms with Crippen molar-refractivity contribution in [1.82, 2.24) is 14.5 Å². The zero-order chi connectivity index (χ0) is 16.3. The van der Waals surface area contributed by atoms with Crippen LogP contribution in [0.1, 0.15) is 32.0 Å². The van der Waals surface area contributed by atoms with E-state index in [-0.39, 0.29) is 5.92 Å². The summed E-state index contributed by atoms with van der Waals surface area (Å²) < 4.78 is 12.7. The number of piperidine rings is 1. The third-order valence-corrected chi connectivity index (χ3v) is 5.58. The van der Waals surface area contributed by atoms with E-state index in [0.29, 0.717) is 12.6 Å². The second-order valence-corrected chi connectivity index (χ2v) is 7.00. The Balaban J connectivity index is 1.60. The van der Waals surface area contributed by atoms with E-state index in [1.54, 1.807) is 7.11 Å². The van der Waals surface area contributed by atoms with E-state index in [1.165, 1.54) is 0 Å². The molecule has 0 bridgehead atoms. The monoisotopic (exact) mass is 323 g/mol. The van der Waals surface area contributed by atoms with Crippen LogP contribution in [0, 0.1) is 11.8 Å². The first kappa shape index (κ1) is 16.9. The van der Waals surface area contributed by atoms with Crippen molar-refractivity contribution >= 4 is 0 Å². The average Bonchev–Trinajstić information content (AvgIpc) is 2.99. The van der Waals surface area contributed by atoms with E-state index < -0.39 is 5.60 Å². The fraction of sp³-hybridized carbons (Fsp3) is 0.824. The zero-order valence-corrected chi connectivity index (χ0v) is 14.3. The van der Waals surface area contributed by atoms with Crippen molar-refractivity contribution in [2.45, 2.75) is 45.1 Å². The summed E-state index contributed by atoms with van der Waals surface area (Å²) in [6, 6.07) is 0. The third kappa shape index (κ3) is 3.60. The van der Waals surface area contributed by atoms with Crippen LogP contribution >= 0.6 is 0 Å². The van der Waals surface area contributed by atoms with Gasteiger partial charge in [0.2, 0.25) is 0 Å². The fourth-order valence-electron chi connectivity index (χ4n) is 4.12. The first-order valence-corrected chi connectivity index (χ1v) is 8.65. The minimum Gasteiger partial charge on any atom is -0.389 e. The molecule has 0 aliphatic carbocycles. The molecule has 6 heteroatoms. The largest absolute Gasteiger partial charge is 0.389 e. The van der Waals surface area contributed by atoms with Crippen LogP contribution in [0.5, 0.6) is 0 Å². The van der Waals surface area contributed by atoms with Crippen LogP contribution in [-0.2, 0) is 22.7 Å². The summed E-state index contributed by atoms with van der Waals surface area (Å²) in [5.41, 5.74) is -0.539. The average molecular weight is 323 g/mol. The quantitative estimate of drug-likeness (QED) is 0.889. The molecule has 3 heterocycles. The van der Waals surface area contributed by atoms with Gasteiger partial charge < -0.3 is 19.1 Å². The van der Waals surface area contributed by atoms with Gasteiger partial charge >= 0.3 is 0 Å². The molecular weight excluding hydrogens is 294 g/mol. The molecule has 1 aromatic rings. The minimum atomic E-state index is -0.539. The maximum Gasteiger partial charge on any atom is 0.124 e. The van der Waals surface area contributed by atoms with Gasteiger partial charge in [0.15, 0.2) is 0 Å². The molecule has 0 saturated carbocycles. The highest BCUT2D eigenvalue weighted by Gasteiger charge is 2.45. The van der Waals surface area contributed by atoms with Crippen LogP contribution in [0.15, 0.2) is 12.4 Å². The van der Waals surface area contributed by atoms with Gasteiger partial charge in [-0.15, -0.1) is 0 Å². The molecule has 23 heavy (non-hydrogen) atoms. The summed E-state index contributed by atoms with van der Waals surface area (Å²) in [4.78, 5) is 6.84. The van der Waals surface area contributed by atoms with Gasteiger partial charge in [-0.3, -0.25) is 4.90 Å². The maximum absolute atomic E-state index is 11.2. The molecule has 0 spiro atoms. The van der Waals surface area contributed by atoms with Crippen molar-refractivity contribution in [2.75, 3.05) is 33.4 Å². The van der Waals surface area contributed by atoms with Gasteiger partial charge in [-0.2, -0.15) is 0 Å². The van der Waals surface area contributed by atoms with Crippen molar-refractivity contribution in [3.05, 3.63) is 18.2 Å². The Labute approximate surface area is 138 Å². The van der Waals surface area contributed by atoms with Gasteiger partial charge in [0.1, 0.15) is 12.6 Å². The highest BCUT2D eigenvalue weighted by Crippen LogP contribution is 2.39. The summed E-state index contributed by atoms with van der Waals surface area (Å²) in [6.45, 7) is 6.93. The molecule has 1 aromatic heterocycles. The number of imidazole rings is 1. The fourth-order valence-corrected chi connectivity index (χ4v) is 4.12. The molecule has 2 aliphatic heterocycles. The molecule has 2 aliphatic rings. The topological polar surface area (TPSA) is 59.8 Å². The number of likely N-dealkylation sites (tertiary alicyclic amines) is 1. The highest BCUT2D eigenvalue weighted by molar-refractivity contribution is 4.99. The first-order valence-electron chi connectivity index (χ1n) is 8.65. The number of aromatic nitrogens is 2. The van der Waals surface area contributed by atoms with Crippen LogP contribution in [0.25, 0.3) is 0 Å². The number of hydrogen-bond donors (Lipinski definition) is 1. The van der Waals surface area contributed by atoms with Gasteiger partial charge in [-0.05, 0) is 31.1 Å². The summed E-state index contributed by atoms with van der Waals surface area (Å²) >= 11 is 0. The number of hydrogen-bond acceptors (Lipinski definition) is 5. The molecule has 3 rings (SSSR count).